The Balaban J connectivity index is 3.17. The van der Waals surface area contributed by atoms with Gasteiger partial charge in [-0.2, -0.15) is 5.10 Å². The fraction of sp³-hybridized carbons (Fsp3) is 0.750. The van der Waals surface area contributed by atoms with Crippen molar-refractivity contribution in [2.75, 3.05) is 14.2 Å². The lowest BCUT2D eigenvalue weighted by atomic mass is 9.80. The molecule has 0 radical (unpaired) electrons. The summed E-state index contributed by atoms with van der Waals surface area (Å²) in [4.78, 5) is 0. The van der Waals surface area contributed by atoms with E-state index in [0.717, 1.165) is 17.9 Å². The molecule has 0 saturated heterocycles. The molecule has 0 aliphatic carbocycles. The van der Waals surface area contributed by atoms with E-state index in [0.29, 0.717) is 0 Å². The minimum atomic E-state index is 0.163. The first-order valence-corrected chi connectivity index (χ1v) is 5.71. The lowest BCUT2D eigenvalue weighted by molar-refractivity contribution is 0.230. The van der Waals surface area contributed by atoms with Crippen LogP contribution < -0.4 is 10.1 Å². The van der Waals surface area contributed by atoms with Gasteiger partial charge in [-0.3, -0.25) is 4.68 Å². The van der Waals surface area contributed by atoms with Crippen molar-refractivity contribution in [1.29, 1.82) is 0 Å². The van der Waals surface area contributed by atoms with Crippen LogP contribution in [0.3, 0.4) is 0 Å². The quantitative estimate of drug-likeness (QED) is 0.834. The minimum absolute atomic E-state index is 0.163. The maximum Gasteiger partial charge on any atom is 0.161 e. The predicted octanol–water partition coefficient (Wildman–Crippen LogP) is 2.13. The molecule has 0 saturated carbocycles. The summed E-state index contributed by atoms with van der Waals surface area (Å²) in [5, 5.41) is 7.63. The molecule has 1 aromatic heterocycles. The topological polar surface area (TPSA) is 39.1 Å². The molecule has 0 spiro atoms. The van der Waals surface area contributed by atoms with Gasteiger partial charge in [0.2, 0.25) is 0 Å². The normalized spacial score (nSPS) is 13.9. The minimum Gasteiger partial charge on any atom is -0.493 e. The van der Waals surface area contributed by atoms with Crippen molar-refractivity contribution in [3.63, 3.8) is 0 Å². The van der Waals surface area contributed by atoms with E-state index in [1.54, 1.807) is 13.3 Å². The smallest absolute Gasteiger partial charge is 0.161 e. The van der Waals surface area contributed by atoms with Crippen molar-refractivity contribution in [3.05, 3.63) is 11.9 Å². The Hall–Kier alpha value is -1.03. The average Bonchev–Trinajstić information content (AvgIpc) is 2.61. The summed E-state index contributed by atoms with van der Waals surface area (Å²) in [6, 6.07) is 0.236. The third-order valence-electron chi connectivity index (χ3n) is 3.42. The number of hydrogen-bond donors (Lipinski definition) is 1. The van der Waals surface area contributed by atoms with E-state index in [1.807, 2.05) is 18.8 Å². The molecular weight excluding hydrogens is 202 g/mol. The first-order valence-electron chi connectivity index (χ1n) is 5.71. The maximum atomic E-state index is 5.37. The molecule has 0 amide bonds. The Morgan fingerprint density at radius 1 is 1.56 bits per heavy atom. The number of methoxy groups -OCH3 is 1. The third kappa shape index (κ3) is 2.21. The standard InChI is InChI=1S/C12H23N3O/c1-7-12(2,3)11(13-4)10-9(16-6)8-14-15(10)5/h8,11,13H,7H2,1-6H3. The zero-order chi connectivity index (χ0) is 12.3. The summed E-state index contributed by atoms with van der Waals surface area (Å²) < 4.78 is 7.25. The molecule has 0 aromatic carbocycles. The fourth-order valence-electron chi connectivity index (χ4n) is 2.01. The van der Waals surface area contributed by atoms with Gasteiger partial charge < -0.3 is 10.1 Å². The summed E-state index contributed by atoms with van der Waals surface area (Å²) in [7, 11) is 5.62. The Morgan fingerprint density at radius 3 is 2.62 bits per heavy atom. The Kier molecular flexibility index (Phi) is 3.97. The van der Waals surface area contributed by atoms with Crippen molar-refractivity contribution < 1.29 is 4.74 Å². The molecule has 1 atom stereocenters. The Bertz CT molecular complexity index is 344. The van der Waals surface area contributed by atoms with Crippen LogP contribution in [0.4, 0.5) is 0 Å². The highest BCUT2D eigenvalue weighted by Gasteiger charge is 2.32. The zero-order valence-electron chi connectivity index (χ0n) is 11.2. The largest absolute Gasteiger partial charge is 0.493 e. The SMILES string of the molecule is CCC(C)(C)C(NC)c1c(OC)cnn1C. The van der Waals surface area contributed by atoms with Gasteiger partial charge in [-0.15, -0.1) is 0 Å². The molecule has 1 unspecified atom stereocenters. The second kappa shape index (κ2) is 4.87. The molecule has 4 heteroatoms. The highest BCUT2D eigenvalue weighted by atomic mass is 16.5. The van der Waals surface area contributed by atoms with E-state index < -0.39 is 0 Å². The number of hydrogen-bond acceptors (Lipinski definition) is 3. The molecule has 1 aromatic rings. The number of aromatic nitrogens is 2. The van der Waals surface area contributed by atoms with E-state index in [9.17, 15) is 0 Å². The summed E-state index contributed by atoms with van der Waals surface area (Å²) in [6.45, 7) is 6.70. The number of rotatable bonds is 5. The van der Waals surface area contributed by atoms with Crippen LogP contribution in [0.5, 0.6) is 5.75 Å². The molecule has 1 N–H and O–H groups in total. The molecule has 1 rings (SSSR count). The lowest BCUT2D eigenvalue weighted by Crippen LogP contribution is -2.33. The van der Waals surface area contributed by atoms with Gasteiger partial charge in [0, 0.05) is 7.05 Å². The van der Waals surface area contributed by atoms with Crippen molar-refractivity contribution in [3.8, 4) is 5.75 Å². The summed E-state index contributed by atoms with van der Waals surface area (Å²) >= 11 is 0. The van der Waals surface area contributed by atoms with Gasteiger partial charge in [0.1, 0.15) is 0 Å². The molecule has 0 bridgehead atoms. The first-order chi connectivity index (χ1) is 7.47. The van der Waals surface area contributed by atoms with E-state index in [4.69, 9.17) is 4.74 Å². The van der Waals surface area contributed by atoms with Crippen LogP contribution in [0.1, 0.15) is 38.9 Å². The summed E-state index contributed by atoms with van der Waals surface area (Å²) in [5.74, 6) is 0.850. The second-order valence-electron chi connectivity index (χ2n) is 4.79. The number of nitrogens with one attached hydrogen (secondary N) is 1. The first kappa shape index (κ1) is 13.0. The van der Waals surface area contributed by atoms with Gasteiger partial charge in [0.15, 0.2) is 5.75 Å². The highest BCUT2D eigenvalue weighted by molar-refractivity contribution is 5.29. The van der Waals surface area contributed by atoms with Gasteiger partial charge in [0.05, 0.1) is 25.0 Å². The molecule has 4 nitrogen and oxygen atoms in total. The molecule has 92 valence electrons. The molecular formula is C12H23N3O. The van der Waals surface area contributed by atoms with Crippen LogP contribution in [-0.2, 0) is 7.05 Å². The summed E-state index contributed by atoms with van der Waals surface area (Å²) in [5.41, 5.74) is 1.27. The second-order valence-corrected chi connectivity index (χ2v) is 4.79. The fourth-order valence-corrected chi connectivity index (χ4v) is 2.01. The summed E-state index contributed by atoms with van der Waals surface area (Å²) in [6.07, 6.45) is 2.86. The van der Waals surface area contributed by atoms with Gasteiger partial charge >= 0.3 is 0 Å². The molecule has 0 aliphatic rings. The third-order valence-corrected chi connectivity index (χ3v) is 3.42. The number of aryl methyl sites for hydroxylation is 1. The van der Waals surface area contributed by atoms with Crippen LogP contribution >= 0.6 is 0 Å². The van der Waals surface area contributed by atoms with Crippen LogP contribution in [0.15, 0.2) is 6.20 Å². The van der Waals surface area contributed by atoms with Crippen molar-refractivity contribution >= 4 is 0 Å². The van der Waals surface area contributed by atoms with Crippen molar-refractivity contribution in [1.82, 2.24) is 15.1 Å². The van der Waals surface area contributed by atoms with E-state index in [2.05, 4.69) is 31.2 Å². The van der Waals surface area contributed by atoms with Gasteiger partial charge in [-0.25, -0.2) is 0 Å². The van der Waals surface area contributed by atoms with E-state index in [1.165, 1.54) is 0 Å². The average molecular weight is 225 g/mol. The lowest BCUT2D eigenvalue weighted by Gasteiger charge is -2.33. The van der Waals surface area contributed by atoms with Crippen LogP contribution in [0.25, 0.3) is 0 Å². The van der Waals surface area contributed by atoms with E-state index >= 15 is 0 Å². The van der Waals surface area contributed by atoms with Crippen molar-refractivity contribution in [2.45, 2.75) is 33.2 Å². The molecule has 0 fully saturated rings. The number of nitrogens with zero attached hydrogens (tertiary/aromatic N) is 2. The van der Waals surface area contributed by atoms with Crippen molar-refractivity contribution in [2.24, 2.45) is 12.5 Å². The van der Waals surface area contributed by atoms with Gasteiger partial charge in [-0.1, -0.05) is 20.8 Å². The maximum absolute atomic E-state index is 5.37. The van der Waals surface area contributed by atoms with Crippen LogP contribution in [0.2, 0.25) is 0 Å². The van der Waals surface area contributed by atoms with Crippen LogP contribution in [0, 0.1) is 5.41 Å². The Morgan fingerprint density at radius 2 is 2.19 bits per heavy atom. The predicted molar refractivity (Wildman–Crippen MR) is 65.6 cm³/mol. The molecule has 1 heterocycles. The number of ether oxygens (including phenoxy) is 1. The van der Waals surface area contributed by atoms with Gasteiger partial charge in [0.25, 0.3) is 0 Å². The van der Waals surface area contributed by atoms with Crippen LogP contribution in [-0.4, -0.2) is 23.9 Å². The molecule has 16 heavy (non-hydrogen) atoms. The zero-order valence-corrected chi connectivity index (χ0v) is 11.2. The van der Waals surface area contributed by atoms with Gasteiger partial charge in [-0.05, 0) is 18.9 Å². The van der Waals surface area contributed by atoms with E-state index in [-0.39, 0.29) is 11.5 Å². The molecule has 0 aliphatic heterocycles. The highest BCUT2D eigenvalue weighted by Crippen LogP contribution is 2.39. The monoisotopic (exact) mass is 225 g/mol. The Labute approximate surface area is 98.0 Å².